The van der Waals surface area contributed by atoms with Gasteiger partial charge in [0.1, 0.15) is 6.04 Å². The van der Waals surface area contributed by atoms with Crippen molar-refractivity contribution in [2.45, 2.75) is 49.3 Å². The molecule has 196 valence electrons. The molecule has 0 radical (unpaired) electrons. The summed E-state index contributed by atoms with van der Waals surface area (Å²) in [4.78, 5) is 46.8. The molecule has 0 aliphatic carbocycles. The fourth-order valence-corrected chi connectivity index (χ4v) is 8.91. The molecule has 0 aromatic heterocycles. The van der Waals surface area contributed by atoms with Crippen molar-refractivity contribution in [2.75, 3.05) is 59.2 Å². The van der Waals surface area contributed by atoms with Gasteiger partial charge in [0.15, 0.2) is 0 Å². The fraction of sp³-hybridized carbons (Fsp3) is 0.800. The number of amides is 2. The van der Waals surface area contributed by atoms with Crippen molar-refractivity contribution in [2.24, 2.45) is 17.8 Å². The highest BCUT2D eigenvalue weighted by molar-refractivity contribution is 8.02. The Kier molecular flexibility index (Phi) is 8.15. The minimum absolute atomic E-state index is 0.0407. The van der Waals surface area contributed by atoms with E-state index in [1.54, 1.807) is 41.5 Å². The monoisotopic (exact) mass is 509 g/mol. The summed E-state index contributed by atoms with van der Waals surface area (Å²) >= 11 is 1.63. The van der Waals surface area contributed by atoms with Gasteiger partial charge in [-0.25, -0.2) is 0 Å². The summed E-state index contributed by atoms with van der Waals surface area (Å²) in [5.74, 6) is -1.79. The first-order valence-corrected chi connectivity index (χ1v) is 13.7. The largest absolute Gasteiger partial charge is 0.466 e. The number of morpholine rings is 1. The highest BCUT2D eigenvalue weighted by Crippen LogP contribution is 2.69. The molecule has 4 rings (SSSR count). The van der Waals surface area contributed by atoms with E-state index in [1.807, 2.05) is 0 Å². The van der Waals surface area contributed by atoms with Crippen molar-refractivity contribution < 1.29 is 29.0 Å². The van der Waals surface area contributed by atoms with Crippen LogP contribution in [0.15, 0.2) is 12.7 Å². The molecule has 0 aromatic rings. The van der Waals surface area contributed by atoms with Crippen LogP contribution in [0.4, 0.5) is 0 Å². The molecule has 3 unspecified atom stereocenters. The molecule has 0 saturated carbocycles. The molecule has 35 heavy (non-hydrogen) atoms. The molecule has 9 nitrogen and oxygen atoms in total. The van der Waals surface area contributed by atoms with Crippen molar-refractivity contribution in [1.29, 1.82) is 0 Å². The van der Waals surface area contributed by atoms with Gasteiger partial charge in [0.2, 0.25) is 11.8 Å². The average Bonchev–Trinajstić information content (AvgIpc) is 3.45. The van der Waals surface area contributed by atoms with Gasteiger partial charge in [-0.3, -0.25) is 19.3 Å². The lowest BCUT2D eigenvalue weighted by Gasteiger charge is -2.41. The molecule has 4 aliphatic rings. The third-order valence-electron chi connectivity index (χ3n) is 8.17. The molecule has 1 N–H and O–H groups in total. The third kappa shape index (κ3) is 4.40. The number of ether oxygens (including phenoxy) is 2. The van der Waals surface area contributed by atoms with Crippen LogP contribution in [-0.2, 0) is 23.9 Å². The van der Waals surface area contributed by atoms with Gasteiger partial charge in [-0.05, 0) is 26.2 Å². The summed E-state index contributed by atoms with van der Waals surface area (Å²) in [6, 6.07) is -1.27. The van der Waals surface area contributed by atoms with E-state index in [9.17, 15) is 19.5 Å². The van der Waals surface area contributed by atoms with Crippen LogP contribution in [0, 0.1) is 17.8 Å². The maximum atomic E-state index is 14.3. The molecule has 2 bridgehead atoms. The number of aliphatic hydroxyl groups excluding tert-OH is 1. The summed E-state index contributed by atoms with van der Waals surface area (Å²) < 4.78 is 10.1. The number of nitrogens with zero attached hydrogens (tertiary/aromatic N) is 3. The molecule has 4 fully saturated rings. The highest BCUT2D eigenvalue weighted by Gasteiger charge is 2.76. The fourth-order valence-electron chi connectivity index (χ4n) is 6.52. The molecule has 4 heterocycles. The Morgan fingerprint density at radius 3 is 2.74 bits per heavy atom. The van der Waals surface area contributed by atoms with E-state index in [1.165, 1.54) is 0 Å². The van der Waals surface area contributed by atoms with Gasteiger partial charge in [-0.1, -0.05) is 13.0 Å². The summed E-state index contributed by atoms with van der Waals surface area (Å²) in [5, 5.41) is 9.99. The molecule has 1 spiro atoms. The van der Waals surface area contributed by atoms with Crippen molar-refractivity contribution >= 4 is 29.5 Å². The van der Waals surface area contributed by atoms with Gasteiger partial charge in [-0.15, -0.1) is 18.3 Å². The van der Waals surface area contributed by atoms with Crippen molar-refractivity contribution in [3.63, 3.8) is 0 Å². The SMILES string of the molecule is C=CCN(CCN1CCOCC1)C(=O)C1N([C@H](C)CO)C(=O)[C@@H]2[C@H](C(=O)OCC)[C@@H]3CC(C)C12S3. The smallest absolute Gasteiger partial charge is 0.310 e. The molecule has 10 heteroatoms. The van der Waals surface area contributed by atoms with Crippen LogP contribution in [-0.4, -0.2) is 119 Å². The quantitative estimate of drug-likeness (QED) is 0.338. The number of carbonyl (C=O) groups is 3. The van der Waals surface area contributed by atoms with E-state index < -0.39 is 28.7 Å². The van der Waals surface area contributed by atoms with E-state index in [2.05, 4.69) is 18.4 Å². The molecule has 4 saturated heterocycles. The normalized spacial score (nSPS) is 35.1. The maximum absolute atomic E-state index is 14.3. The highest BCUT2D eigenvalue weighted by atomic mass is 32.2. The Bertz CT molecular complexity index is 836. The summed E-state index contributed by atoms with van der Waals surface area (Å²) in [6.45, 7) is 14.1. The Labute approximate surface area is 212 Å². The van der Waals surface area contributed by atoms with Crippen LogP contribution in [0.5, 0.6) is 0 Å². The van der Waals surface area contributed by atoms with Crippen LogP contribution < -0.4 is 0 Å². The zero-order valence-electron chi connectivity index (χ0n) is 21.1. The molecular weight excluding hydrogens is 470 g/mol. The standard InChI is InChI=1S/C25H39N3O6S/c1-5-7-27(9-8-26-10-12-33-13-11-26)23(31)21-25-16(3)14-18(35-25)19(24(32)34-6-2)20(25)22(30)28(21)17(4)15-29/h5,16-21,29H,1,6-15H2,2-4H3/t16?,17-,18+,19-,20+,21?,25?/m1/s1. The van der Waals surface area contributed by atoms with Crippen molar-refractivity contribution in [1.82, 2.24) is 14.7 Å². The van der Waals surface area contributed by atoms with Crippen LogP contribution in [0.1, 0.15) is 27.2 Å². The summed E-state index contributed by atoms with van der Waals surface area (Å²) in [6.07, 6.45) is 2.48. The van der Waals surface area contributed by atoms with E-state index in [4.69, 9.17) is 9.47 Å². The number of likely N-dealkylation sites (tertiary alicyclic amines) is 1. The lowest BCUT2D eigenvalue weighted by molar-refractivity contribution is -0.154. The molecule has 4 aliphatic heterocycles. The molecule has 7 atom stereocenters. The topological polar surface area (TPSA) is 99.6 Å². The van der Waals surface area contributed by atoms with Crippen LogP contribution >= 0.6 is 11.8 Å². The number of aliphatic hydroxyl groups is 1. The Hall–Kier alpha value is -1.62. The van der Waals surface area contributed by atoms with Gasteiger partial charge in [-0.2, -0.15) is 0 Å². The van der Waals surface area contributed by atoms with Gasteiger partial charge in [0, 0.05) is 38.0 Å². The first-order chi connectivity index (χ1) is 16.8. The first-order valence-electron chi connectivity index (χ1n) is 12.8. The van der Waals surface area contributed by atoms with Crippen molar-refractivity contribution in [3.05, 3.63) is 12.7 Å². The molecule has 0 aromatic carbocycles. The average molecular weight is 510 g/mol. The maximum Gasteiger partial charge on any atom is 0.310 e. The van der Waals surface area contributed by atoms with Crippen LogP contribution in [0.3, 0.4) is 0 Å². The molecule has 2 amide bonds. The third-order valence-corrected chi connectivity index (χ3v) is 10.2. The number of fused-ring (bicyclic) bond motifs is 1. The van der Waals surface area contributed by atoms with Crippen molar-refractivity contribution in [3.8, 4) is 0 Å². The number of rotatable bonds is 10. The minimum atomic E-state index is -0.740. The minimum Gasteiger partial charge on any atom is -0.466 e. The lowest BCUT2D eigenvalue weighted by atomic mass is 9.66. The number of hydrogen-bond donors (Lipinski definition) is 1. The summed E-state index contributed by atoms with van der Waals surface area (Å²) in [7, 11) is 0. The zero-order valence-corrected chi connectivity index (χ0v) is 21.9. The van der Waals surface area contributed by atoms with Gasteiger partial charge < -0.3 is 24.4 Å². The number of carbonyl (C=O) groups excluding carboxylic acids is 3. The van der Waals surface area contributed by atoms with Gasteiger partial charge in [0.05, 0.1) is 49.1 Å². The predicted molar refractivity (Wildman–Crippen MR) is 133 cm³/mol. The van der Waals surface area contributed by atoms with E-state index in [0.29, 0.717) is 32.8 Å². The second kappa shape index (κ2) is 10.8. The first kappa shape index (κ1) is 26.4. The zero-order chi connectivity index (χ0) is 25.3. The van der Waals surface area contributed by atoms with E-state index in [-0.39, 0.29) is 42.2 Å². The molecular formula is C25H39N3O6S. The van der Waals surface area contributed by atoms with E-state index >= 15 is 0 Å². The van der Waals surface area contributed by atoms with Crippen LogP contribution in [0.2, 0.25) is 0 Å². The number of esters is 1. The number of hydrogen-bond acceptors (Lipinski definition) is 8. The lowest BCUT2D eigenvalue weighted by Crippen LogP contribution is -2.59. The Balaban J connectivity index is 1.67. The number of thioether (sulfide) groups is 1. The second-order valence-electron chi connectivity index (χ2n) is 10.1. The van der Waals surface area contributed by atoms with Gasteiger partial charge in [0.25, 0.3) is 0 Å². The predicted octanol–water partition coefficient (Wildman–Crippen LogP) is 0.614. The van der Waals surface area contributed by atoms with E-state index in [0.717, 1.165) is 19.5 Å². The summed E-state index contributed by atoms with van der Waals surface area (Å²) in [5.41, 5.74) is 0. The van der Waals surface area contributed by atoms with Crippen LogP contribution in [0.25, 0.3) is 0 Å². The second-order valence-corrected chi connectivity index (χ2v) is 11.7. The Morgan fingerprint density at radius 1 is 1.40 bits per heavy atom. The Morgan fingerprint density at radius 2 is 2.11 bits per heavy atom. The van der Waals surface area contributed by atoms with Gasteiger partial charge >= 0.3 is 5.97 Å².